The summed E-state index contributed by atoms with van der Waals surface area (Å²) >= 11 is 5.97. The first kappa shape index (κ1) is 29.9. The summed E-state index contributed by atoms with van der Waals surface area (Å²) in [5.74, 6) is -1.08. The van der Waals surface area contributed by atoms with E-state index >= 15 is 0 Å². The minimum absolute atomic E-state index is 0.0572. The summed E-state index contributed by atoms with van der Waals surface area (Å²) in [6.45, 7) is 8.46. The van der Waals surface area contributed by atoms with Crippen molar-refractivity contribution >= 4 is 40.8 Å². The fraction of sp³-hybridized carbons (Fsp3) is 0.323. The van der Waals surface area contributed by atoms with E-state index in [2.05, 4.69) is 15.5 Å². The topological polar surface area (TPSA) is 85.0 Å². The molecule has 0 aliphatic carbocycles. The molecule has 0 saturated carbocycles. The van der Waals surface area contributed by atoms with Gasteiger partial charge in [-0.05, 0) is 87.0 Å². The number of anilines is 2. The second-order valence-electron chi connectivity index (χ2n) is 11.0. The number of halogens is 2. The van der Waals surface area contributed by atoms with Crippen LogP contribution in [-0.4, -0.2) is 65.9 Å². The van der Waals surface area contributed by atoms with Crippen LogP contribution in [0.2, 0.25) is 5.02 Å². The summed E-state index contributed by atoms with van der Waals surface area (Å²) in [5.41, 5.74) is 2.40. The molecule has 3 aromatic rings. The summed E-state index contributed by atoms with van der Waals surface area (Å²) in [6, 6.07) is 19.7. The first-order chi connectivity index (χ1) is 19.5. The Bertz CT molecular complexity index is 1350. The lowest BCUT2D eigenvalue weighted by molar-refractivity contribution is -0.117. The summed E-state index contributed by atoms with van der Waals surface area (Å²) < 4.78 is 13.4. The van der Waals surface area contributed by atoms with Gasteiger partial charge < -0.3 is 25.3 Å². The first-order valence-electron chi connectivity index (χ1n) is 13.5. The van der Waals surface area contributed by atoms with Gasteiger partial charge in [0, 0.05) is 60.2 Å². The molecule has 0 aromatic heterocycles. The molecular weight excluding hydrogens is 545 g/mol. The highest BCUT2D eigenvalue weighted by molar-refractivity contribution is 6.30. The van der Waals surface area contributed by atoms with E-state index in [9.17, 15) is 18.8 Å². The van der Waals surface area contributed by atoms with E-state index in [1.807, 2.05) is 49.9 Å². The maximum Gasteiger partial charge on any atom is 0.317 e. The van der Waals surface area contributed by atoms with Crippen LogP contribution in [-0.2, 0) is 11.3 Å². The zero-order chi connectivity index (χ0) is 29.6. The molecule has 1 fully saturated rings. The molecule has 3 aromatic carbocycles. The van der Waals surface area contributed by atoms with Gasteiger partial charge >= 0.3 is 6.03 Å². The molecule has 10 heteroatoms. The third-order valence-electron chi connectivity index (χ3n) is 6.56. The van der Waals surface area contributed by atoms with Crippen LogP contribution in [0.1, 0.15) is 36.7 Å². The van der Waals surface area contributed by atoms with Crippen molar-refractivity contribution in [3.8, 4) is 0 Å². The molecule has 0 radical (unpaired) electrons. The number of rotatable bonds is 7. The molecule has 1 heterocycles. The Kier molecular flexibility index (Phi) is 9.50. The van der Waals surface area contributed by atoms with Gasteiger partial charge in [0.05, 0.1) is 0 Å². The maximum absolute atomic E-state index is 13.4. The van der Waals surface area contributed by atoms with Gasteiger partial charge in [-0.15, -0.1) is 0 Å². The number of amides is 4. The molecule has 1 saturated heterocycles. The molecule has 1 aliphatic rings. The zero-order valence-electron chi connectivity index (χ0n) is 23.5. The van der Waals surface area contributed by atoms with Crippen LogP contribution < -0.4 is 15.5 Å². The number of benzene rings is 3. The quantitative estimate of drug-likeness (QED) is 0.393. The molecule has 4 rings (SSSR count). The van der Waals surface area contributed by atoms with Gasteiger partial charge in [-0.1, -0.05) is 23.7 Å². The highest BCUT2D eigenvalue weighted by Gasteiger charge is 2.24. The van der Waals surface area contributed by atoms with Crippen LogP contribution in [0.3, 0.4) is 0 Å². The SMILES string of the molecule is CC(C)(C)NC(=O)N1CCN(c2ccc(NC(=O)CN(Cc3ccc(F)cc3)C(=O)c3ccc(Cl)cc3)cc2)CC1. The molecule has 0 bridgehead atoms. The van der Waals surface area contributed by atoms with Gasteiger partial charge in [-0.2, -0.15) is 0 Å². The molecular formula is C31H35ClFN5O3. The summed E-state index contributed by atoms with van der Waals surface area (Å²) in [4.78, 5) is 44.1. The third-order valence-corrected chi connectivity index (χ3v) is 6.82. The van der Waals surface area contributed by atoms with E-state index in [-0.39, 0.29) is 42.3 Å². The van der Waals surface area contributed by atoms with Crippen molar-refractivity contribution in [1.29, 1.82) is 0 Å². The molecule has 0 spiro atoms. The molecule has 216 valence electrons. The average Bonchev–Trinajstić information content (AvgIpc) is 2.93. The van der Waals surface area contributed by atoms with Crippen LogP contribution in [0.15, 0.2) is 72.8 Å². The molecule has 0 unspecified atom stereocenters. The number of nitrogens with one attached hydrogen (secondary N) is 2. The van der Waals surface area contributed by atoms with Gasteiger partial charge in [-0.25, -0.2) is 9.18 Å². The molecule has 2 N–H and O–H groups in total. The molecule has 8 nitrogen and oxygen atoms in total. The van der Waals surface area contributed by atoms with Gasteiger partial charge in [0.1, 0.15) is 12.4 Å². The number of carbonyl (C=O) groups excluding carboxylic acids is 3. The fourth-order valence-electron chi connectivity index (χ4n) is 4.48. The second-order valence-corrected chi connectivity index (χ2v) is 11.5. The molecule has 0 atom stereocenters. The Morgan fingerprint density at radius 3 is 2.07 bits per heavy atom. The number of hydrogen-bond acceptors (Lipinski definition) is 4. The first-order valence-corrected chi connectivity index (χ1v) is 13.9. The Labute approximate surface area is 245 Å². The van der Waals surface area contributed by atoms with Crippen molar-refractivity contribution in [1.82, 2.24) is 15.1 Å². The molecule has 4 amide bonds. The number of hydrogen-bond donors (Lipinski definition) is 2. The normalized spacial score (nSPS) is 13.5. The van der Waals surface area contributed by atoms with E-state index in [0.29, 0.717) is 48.0 Å². The fourth-order valence-corrected chi connectivity index (χ4v) is 4.61. The Morgan fingerprint density at radius 2 is 1.49 bits per heavy atom. The van der Waals surface area contributed by atoms with Crippen LogP contribution in [0.4, 0.5) is 20.6 Å². The Balaban J connectivity index is 1.36. The monoisotopic (exact) mass is 579 g/mol. The maximum atomic E-state index is 13.4. The predicted octanol–water partition coefficient (Wildman–Crippen LogP) is 5.39. The zero-order valence-corrected chi connectivity index (χ0v) is 24.2. The summed E-state index contributed by atoms with van der Waals surface area (Å²) in [6.07, 6.45) is 0. The standard InChI is InChI=1S/C31H35ClFN5O3/c1-31(2,3)35-30(41)37-18-16-36(17-19-37)27-14-12-26(13-15-27)34-28(39)21-38(20-22-4-10-25(33)11-5-22)29(40)23-6-8-24(32)9-7-23/h4-15H,16-21H2,1-3H3,(H,34,39)(H,35,41). The predicted molar refractivity (Wildman–Crippen MR) is 160 cm³/mol. The van der Waals surface area contributed by atoms with Crippen LogP contribution in [0.25, 0.3) is 0 Å². The van der Waals surface area contributed by atoms with E-state index in [0.717, 1.165) is 5.69 Å². The van der Waals surface area contributed by atoms with Gasteiger partial charge in [0.15, 0.2) is 0 Å². The van der Waals surface area contributed by atoms with Crippen molar-refractivity contribution in [2.45, 2.75) is 32.9 Å². The van der Waals surface area contributed by atoms with Crippen molar-refractivity contribution < 1.29 is 18.8 Å². The van der Waals surface area contributed by atoms with Crippen molar-refractivity contribution in [2.75, 3.05) is 42.9 Å². The second kappa shape index (κ2) is 13.0. The van der Waals surface area contributed by atoms with Gasteiger partial charge in [0.25, 0.3) is 5.91 Å². The van der Waals surface area contributed by atoms with Crippen LogP contribution in [0, 0.1) is 5.82 Å². The Morgan fingerprint density at radius 1 is 0.878 bits per heavy atom. The number of nitrogens with zero attached hydrogens (tertiary/aromatic N) is 3. The number of carbonyl (C=O) groups is 3. The molecule has 1 aliphatic heterocycles. The lowest BCUT2D eigenvalue weighted by Gasteiger charge is -2.37. The van der Waals surface area contributed by atoms with E-state index in [1.165, 1.54) is 17.0 Å². The van der Waals surface area contributed by atoms with Crippen molar-refractivity contribution in [3.05, 3.63) is 94.8 Å². The number of piperazine rings is 1. The largest absolute Gasteiger partial charge is 0.368 e. The minimum Gasteiger partial charge on any atom is -0.368 e. The lowest BCUT2D eigenvalue weighted by Crippen LogP contribution is -2.55. The Hall–Kier alpha value is -4.11. The van der Waals surface area contributed by atoms with Gasteiger partial charge in [-0.3, -0.25) is 9.59 Å². The number of urea groups is 1. The van der Waals surface area contributed by atoms with E-state index in [1.54, 1.807) is 36.4 Å². The van der Waals surface area contributed by atoms with Gasteiger partial charge in [0.2, 0.25) is 5.91 Å². The van der Waals surface area contributed by atoms with E-state index < -0.39 is 0 Å². The van der Waals surface area contributed by atoms with E-state index in [4.69, 9.17) is 11.6 Å². The highest BCUT2D eigenvalue weighted by atomic mass is 35.5. The van der Waals surface area contributed by atoms with Crippen molar-refractivity contribution in [3.63, 3.8) is 0 Å². The van der Waals surface area contributed by atoms with Crippen molar-refractivity contribution in [2.24, 2.45) is 0 Å². The highest BCUT2D eigenvalue weighted by Crippen LogP contribution is 2.20. The summed E-state index contributed by atoms with van der Waals surface area (Å²) in [5, 5.41) is 6.36. The lowest BCUT2D eigenvalue weighted by atomic mass is 10.1. The molecule has 41 heavy (non-hydrogen) atoms. The van der Waals surface area contributed by atoms with Crippen LogP contribution >= 0.6 is 11.6 Å². The third kappa shape index (κ3) is 8.69. The summed E-state index contributed by atoms with van der Waals surface area (Å²) in [7, 11) is 0. The smallest absolute Gasteiger partial charge is 0.317 e. The average molecular weight is 580 g/mol. The van der Waals surface area contributed by atoms with Crippen LogP contribution in [0.5, 0.6) is 0 Å². The minimum atomic E-state index is -0.376.